The molecular weight excluding hydrogens is 112 g/mol. The normalized spacial score (nSPS) is 13.8. The summed E-state index contributed by atoms with van der Waals surface area (Å²) in [7, 11) is 1.68. The zero-order valence-corrected chi connectivity index (χ0v) is 6.56. The molecule has 0 saturated carbocycles. The van der Waals surface area contributed by atoms with Crippen LogP contribution in [0.15, 0.2) is 23.5 Å². The lowest BCUT2D eigenvalue weighted by molar-refractivity contribution is 0.293. The lowest BCUT2D eigenvalue weighted by Gasteiger charge is -1.96. The Labute approximate surface area is 57.0 Å². The molecule has 0 saturated heterocycles. The molecule has 1 heteroatoms. The third-order valence-electron chi connectivity index (χ3n) is 1.21. The van der Waals surface area contributed by atoms with E-state index < -0.39 is 0 Å². The molecule has 0 aliphatic rings. The molecule has 0 radical (unpaired) electrons. The number of hydrogen-bond acceptors (Lipinski definition) is 1. The van der Waals surface area contributed by atoms with E-state index in [1.165, 1.54) is 5.57 Å². The molecule has 0 amide bonds. The third kappa shape index (κ3) is 3.83. The van der Waals surface area contributed by atoms with E-state index in [4.69, 9.17) is 4.74 Å². The summed E-state index contributed by atoms with van der Waals surface area (Å²) in [6.45, 7) is 5.99. The van der Waals surface area contributed by atoms with Gasteiger partial charge >= 0.3 is 0 Å². The van der Waals surface area contributed by atoms with Crippen LogP contribution in [0.1, 0.15) is 20.8 Å². The smallest absolute Gasteiger partial charge is 0.0927 e. The van der Waals surface area contributed by atoms with E-state index in [2.05, 4.69) is 0 Å². The minimum absolute atomic E-state index is 0.950. The van der Waals surface area contributed by atoms with Gasteiger partial charge in [0.2, 0.25) is 0 Å². The maximum atomic E-state index is 4.94. The van der Waals surface area contributed by atoms with Crippen LogP contribution in [0.4, 0.5) is 0 Å². The van der Waals surface area contributed by atoms with Crippen molar-refractivity contribution in [3.05, 3.63) is 23.5 Å². The Morgan fingerprint density at radius 2 is 1.89 bits per heavy atom. The van der Waals surface area contributed by atoms with Crippen molar-refractivity contribution in [3.8, 4) is 0 Å². The van der Waals surface area contributed by atoms with Crippen molar-refractivity contribution < 1.29 is 4.74 Å². The van der Waals surface area contributed by atoms with Gasteiger partial charge in [-0.2, -0.15) is 0 Å². The second kappa shape index (κ2) is 4.19. The second-order valence-corrected chi connectivity index (χ2v) is 1.99. The summed E-state index contributed by atoms with van der Waals surface area (Å²) in [4.78, 5) is 0. The lowest BCUT2D eigenvalue weighted by Crippen LogP contribution is -1.78. The second-order valence-electron chi connectivity index (χ2n) is 1.99. The molecule has 0 rings (SSSR count). The number of allylic oxidation sites excluding steroid dienone is 4. The van der Waals surface area contributed by atoms with Crippen LogP contribution in [-0.4, -0.2) is 7.11 Å². The Morgan fingerprint density at radius 1 is 1.33 bits per heavy atom. The van der Waals surface area contributed by atoms with Crippen molar-refractivity contribution in [2.24, 2.45) is 0 Å². The van der Waals surface area contributed by atoms with E-state index in [1.807, 2.05) is 32.9 Å². The molecule has 0 aromatic heterocycles. The summed E-state index contributed by atoms with van der Waals surface area (Å²) < 4.78 is 4.94. The summed E-state index contributed by atoms with van der Waals surface area (Å²) >= 11 is 0. The Kier molecular flexibility index (Phi) is 3.85. The average Bonchev–Trinajstić information content (AvgIpc) is 1.87. The van der Waals surface area contributed by atoms with Gasteiger partial charge in [0.05, 0.1) is 12.9 Å². The van der Waals surface area contributed by atoms with E-state index in [1.54, 1.807) is 7.11 Å². The number of ether oxygens (including phenoxy) is 1. The first kappa shape index (κ1) is 8.28. The van der Waals surface area contributed by atoms with Gasteiger partial charge < -0.3 is 4.74 Å². The first-order valence-corrected chi connectivity index (χ1v) is 3.06. The average molecular weight is 126 g/mol. The van der Waals surface area contributed by atoms with Gasteiger partial charge in [-0.15, -0.1) is 0 Å². The van der Waals surface area contributed by atoms with Gasteiger partial charge in [0.1, 0.15) is 0 Å². The van der Waals surface area contributed by atoms with Crippen LogP contribution in [0.3, 0.4) is 0 Å². The van der Waals surface area contributed by atoms with Gasteiger partial charge in [0.15, 0.2) is 0 Å². The Morgan fingerprint density at radius 3 is 2.22 bits per heavy atom. The molecule has 0 spiro atoms. The van der Waals surface area contributed by atoms with Crippen LogP contribution in [0.2, 0.25) is 0 Å². The van der Waals surface area contributed by atoms with Gasteiger partial charge in [0.25, 0.3) is 0 Å². The highest BCUT2D eigenvalue weighted by molar-refractivity contribution is 5.16. The third-order valence-corrected chi connectivity index (χ3v) is 1.21. The minimum atomic E-state index is 0.950. The molecular formula is C8H14O. The summed E-state index contributed by atoms with van der Waals surface area (Å²) in [5.74, 6) is 0.950. The van der Waals surface area contributed by atoms with Gasteiger partial charge in [-0.3, -0.25) is 0 Å². The molecule has 0 fully saturated rings. The molecule has 0 N–H and O–H groups in total. The summed E-state index contributed by atoms with van der Waals surface area (Å²) in [5, 5.41) is 0. The van der Waals surface area contributed by atoms with Gasteiger partial charge in [-0.25, -0.2) is 0 Å². The van der Waals surface area contributed by atoms with Gasteiger partial charge in [-0.05, 0) is 26.8 Å². The van der Waals surface area contributed by atoms with Crippen molar-refractivity contribution in [3.63, 3.8) is 0 Å². The Balaban J connectivity index is 3.95. The van der Waals surface area contributed by atoms with Crippen LogP contribution in [0, 0.1) is 0 Å². The van der Waals surface area contributed by atoms with Crippen LogP contribution in [-0.2, 0) is 4.74 Å². The fraction of sp³-hybridized carbons (Fsp3) is 0.500. The monoisotopic (exact) mass is 126 g/mol. The number of hydrogen-bond donors (Lipinski definition) is 0. The molecule has 0 unspecified atom stereocenters. The highest BCUT2D eigenvalue weighted by atomic mass is 16.5. The highest BCUT2D eigenvalue weighted by Crippen LogP contribution is 2.00. The summed E-state index contributed by atoms with van der Waals surface area (Å²) in [6.07, 6.45) is 4.04. The fourth-order valence-corrected chi connectivity index (χ4v) is 0.463. The van der Waals surface area contributed by atoms with Crippen molar-refractivity contribution >= 4 is 0 Å². The van der Waals surface area contributed by atoms with E-state index in [-0.39, 0.29) is 0 Å². The predicted octanol–water partition coefficient (Wildman–Crippen LogP) is 2.50. The maximum Gasteiger partial charge on any atom is 0.0927 e. The van der Waals surface area contributed by atoms with Crippen molar-refractivity contribution in [1.29, 1.82) is 0 Å². The zero-order valence-electron chi connectivity index (χ0n) is 6.56. The molecule has 0 aliphatic carbocycles. The molecule has 9 heavy (non-hydrogen) atoms. The van der Waals surface area contributed by atoms with Crippen LogP contribution in [0.25, 0.3) is 0 Å². The molecule has 0 atom stereocenters. The van der Waals surface area contributed by atoms with Crippen molar-refractivity contribution in [1.82, 2.24) is 0 Å². The van der Waals surface area contributed by atoms with Crippen LogP contribution < -0.4 is 0 Å². The highest BCUT2D eigenvalue weighted by Gasteiger charge is 1.83. The predicted molar refractivity (Wildman–Crippen MR) is 40.2 cm³/mol. The zero-order chi connectivity index (χ0) is 7.28. The SMILES string of the molecule is C/C=C(C)\C=C(/C)OC. The van der Waals surface area contributed by atoms with E-state index in [0.29, 0.717) is 0 Å². The lowest BCUT2D eigenvalue weighted by atomic mass is 10.2. The van der Waals surface area contributed by atoms with Crippen LogP contribution >= 0.6 is 0 Å². The van der Waals surface area contributed by atoms with E-state index in [0.717, 1.165) is 5.76 Å². The minimum Gasteiger partial charge on any atom is -0.501 e. The van der Waals surface area contributed by atoms with E-state index >= 15 is 0 Å². The summed E-state index contributed by atoms with van der Waals surface area (Å²) in [5.41, 5.74) is 1.23. The molecule has 0 heterocycles. The molecule has 1 nitrogen and oxygen atoms in total. The van der Waals surface area contributed by atoms with Gasteiger partial charge in [0, 0.05) is 0 Å². The van der Waals surface area contributed by atoms with Crippen molar-refractivity contribution in [2.45, 2.75) is 20.8 Å². The standard InChI is InChI=1S/C8H14O/c1-5-7(2)6-8(3)9-4/h5-6H,1-4H3/b7-5-,8-6+. The Bertz CT molecular complexity index is 132. The Hall–Kier alpha value is -0.720. The van der Waals surface area contributed by atoms with Gasteiger partial charge in [-0.1, -0.05) is 11.6 Å². The van der Waals surface area contributed by atoms with Crippen LogP contribution in [0.5, 0.6) is 0 Å². The molecule has 0 bridgehead atoms. The number of methoxy groups -OCH3 is 1. The molecule has 0 aromatic rings. The fourth-order valence-electron chi connectivity index (χ4n) is 0.463. The molecule has 52 valence electrons. The topological polar surface area (TPSA) is 9.23 Å². The maximum absolute atomic E-state index is 4.94. The molecule has 0 aliphatic heterocycles. The van der Waals surface area contributed by atoms with Crippen molar-refractivity contribution in [2.75, 3.05) is 7.11 Å². The summed E-state index contributed by atoms with van der Waals surface area (Å²) in [6, 6.07) is 0. The van der Waals surface area contributed by atoms with E-state index in [9.17, 15) is 0 Å². The first-order valence-electron chi connectivity index (χ1n) is 3.06. The quantitative estimate of drug-likeness (QED) is 0.408. The molecule has 0 aromatic carbocycles. The first-order chi connectivity index (χ1) is 4.20. The number of rotatable bonds is 2. The largest absolute Gasteiger partial charge is 0.501 e.